The number of aryl methyl sites for hydroxylation is 2. The lowest BCUT2D eigenvalue weighted by molar-refractivity contribution is -0.125. The summed E-state index contributed by atoms with van der Waals surface area (Å²) in [6.07, 6.45) is 0. The third-order valence-electron chi connectivity index (χ3n) is 4.51. The Balaban J connectivity index is 1.95. The summed E-state index contributed by atoms with van der Waals surface area (Å²) in [6.45, 7) is 7.30. The van der Waals surface area contributed by atoms with Crippen LogP contribution in [0.5, 0.6) is 5.75 Å². The summed E-state index contributed by atoms with van der Waals surface area (Å²) in [5.41, 5.74) is 4.52. The van der Waals surface area contributed by atoms with Crippen molar-refractivity contribution in [1.82, 2.24) is 10.2 Å². The molecule has 134 valence electrons. The topological polar surface area (TPSA) is 41.6 Å². The van der Waals surface area contributed by atoms with Gasteiger partial charge < -0.3 is 10.1 Å². The maximum Gasteiger partial charge on any atom is 0.237 e. The highest BCUT2D eigenvalue weighted by atomic mass is 16.5. The zero-order chi connectivity index (χ0) is 18.4. The van der Waals surface area contributed by atoms with Crippen molar-refractivity contribution in [2.75, 3.05) is 14.2 Å². The van der Waals surface area contributed by atoms with Crippen molar-refractivity contribution < 1.29 is 9.53 Å². The first-order chi connectivity index (χ1) is 11.9. The maximum atomic E-state index is 12.4. The van der Waals surface area contributed by atoms with Crippen LogP contribution < -0.4 is 10.1 Å². The van der Waals surface area contributed by atoms with E-state index in [9.17, 15) is 4.79 Å². The molecule has 0 bridgehead atoms. The quantitative estimate of drug-likeness (QED) is 0.839. The highest BCUT2D eigenvalue weighted by Gasteiger charge is 2.18. The predicted molar refractivity (Wildman–Crippen MR) is 102 cm³/mol. The summed E-state index contributed by atoms with van der Waals surface area (Å²) < 4.78 is 5.42. The number of nitrogens with one attached hydrogen (secondary N) is 1. The first kappa shape index (κ1) is 19.0. The molecule has 0 aliphatic carbocycles. The third-order valence-corrected chi connectivity index (χ3v) is 4.51. The minimum atomic E-state index is -0.202. The average molecular weight is 340 g/mol. The number of benzene rings is 2. The van der Waals surface area contributed by atoms with E-state index in [1.807, 2.05) is 58.2 Å². The van der Waals surface area contributed by atoms with E-state index in [1.165, 1.54) is 5.56 Å². The fraction of sp³-hybridized carbons (Fsp3) is 0.381. The Labute approximate surface area is 150 Å². The molecule has 2 rings (SSSR count). The van der Waals surface area contributed by atoms with Crippen LogP contribution in [0.3, 0.4) is 0 Å². The average Bonchev–Trinajstić information content (AvgIpc) is 2.59. The zero-order valence-corrected chi connectivity index (χ0v) is 15.8. The molecule has 0 aliphatic heterocycles. The summed E-state index contributed by atoms with van der Waals surface area (Å²) in [5.74, 6) is 0.966. The van der Waals surface area contributed by atoms with Crippen LogP contribution in [0, 0.1) is 13.8 Å². The van der Waals surface area contributed by atoms with E-state index < -0.39 is 0 Å². The molecular formula is C21H28N2O2. The molecule has 0 aromatic heterocycles. The van der Waals surface area contributed by atoms with Gasteiger partial charge in [-0.2, -0.15) is 0 Å². The van der Waals surface area contributed by atoms with E-state index in [2.05, 4.69) is 22.3 Å². The standard InChI is InChI=1S/C21H28N2O2/c1-15-11-19(12-16(2)20(15)25-5)14-23(4)17(3)21(24)22-13-18-9-7-6-8-10-18/h6-12,17H,13-14H2,1-5H3,(H,22,24). The molecule has 4 nitrogen and oxygen atoms in total. The lowest BCUT2D eigenvalue weighted by Crippen LogP contribution is -2.42. The molecular weight excluding hydrogens is 312 g/mol. The van der Waals surface area contributed by atoms with E-state index in [4.69, 9.17) is 4.74 Å². The number of methoxy groups -OCH3 is 1. The number of hydrogen-bond donors (Lipinski definition) is 1. The van der Waals surface area contributed by atoms with E-state index in [-0.39, 0.29) is 11.9 Å². The molecule has 1 amide bonds. The van der Waals surface area contributed by atoms with Gasteiger partial charge in [0.15, 0.2) is 0 Å². The number of hydrogen-bond acceptors (Lipinski definition) is 3. The molecule has 0 spiro atoms. The van der Waals surface area contributed by atoms with Gasteiger partial charge in [0.25, 0.3) is 0 Å². The summed E-state index contributed by atoms with van der Waals surface area (Å²) in [6, 6.07) is 14.0. The lowest BCUT2D eigenvalue weighted by Gasteiger charge is -2.24. The normalized spacial score (nSPS) is 12.1. The lowest BCUT2D eigenvalue weighted by atomic mass is 10.0. The number of rotatable bonds is 7. The molecule has 25 heavy (non-hydrogen) atoms. The molecule has 0 fully saturated rings. The first-order valence-electron chi connectivity index (χ1n) is 8.58. The Hall–Kier alpha value is -2.33. The number of ether oxygens (including phenoxy) is 1. The summed E-state index contributed by atoms with van der Waals surface area (Å²) in [5, 5.41) is 3.01. The number of nitrogens with zero attached hydrogens (tertiary/aromatic N) is 1. The van der Waals surface area contributed by atoms with Gasteiger partial charge in [-0.3, -0.25) is 9.69 Å². The van der Waals surface area contributed by atoms with Gasteiger partial charge in [0.05, 0.1) is 13.2 Å². The SMILES string of the molecule is COc1c(C)cc(CN(C)C(C)C(=O)NCc2ccccc2)cc1C. The fourth-order valence-electron chi connectivity index (χ4n) is 3.01. The van der Waals surface area contributed by atoms with Gasteiger partial charge in [-0.1, -0.05) is 42.5 Å². The van der Waals surface area contributed by atoms with Gasteiger partial charge in [0.1, 0.15) is 5.75 Å². The van der Waals surface area contributed by atoms with Crippen LogP contribution in [0.4, 0.5) is 0 Å². The van der Waals surface area contributed by atoms with Crippen LogP contribution in [0.25, 0.3) is 0 Å². The predicted octanol–water partition coefficient (Wildman–Crippen LogP) is 3.45. The van der Waals surface area contributed by atoms with Crippen molar-refractivity contribution in [3.63, 3.8) is 0 Å². The fourth-order valence-corrected chi connectivity index (χ4v) is 3.01. The van der Waals surface area contributed by atoms with Crippen LogP contribution in [-0.4, -0.2) is 31.0 Å². The molecule has 2 aromatic carbocycles. The van der Waals surface area contributed by atoms with Crippen LogP contribution in [0.2, 0.25) is 0 Å². The van der Waals surface area contributed by atoms with Gasteiger partial charge in [-0.25, -0.2) is 0 Å². The van der Waals surface area contributed by atoms with E-state index in [0.29, 0.717) is 13.1 Å². The molecule has 1 unspecified atom stereocenters. The van der Waals surface area contributed by atoms with Crippen LogP contribution in [-0.2, 0) is 17.9 Å². The van der Waals surface area contributed by atoms with Crippen LogP contribution in [0.15, 0.2) is 42.5 Å². The minimum Gasteiger partial charge on any atom is -0.496 e. The number of amides is 1. The summed E-state index contributed by atoms with van der Waals surface area (Å²) in [4.78, 5) is 14.5. The third kappa shape index (κ3) is 5.07. The molecule has 1 atom stereocenters. The zero-order valence-electron chi connectivity index (χ0n) is 15.8. The van der Waals surface area contributed by atoms with Crippen molar-refractivity contribution >= 4 is 5.91 Å². The molecule has 4 heteroatoms. The Morgan fingerprint density at radius 3 is 2.28 bits per heavy atom. The van der Waals surface area contributed by atoms with E-state index in [0.717, 1.165) is 22.4 Å². The van der Waals surface area contributed by atoms with Gasteiger partial charge >= 0.3 is 0 Å². The summed E-state index contributed by atoms with van der Waals surface area (Å²) >= 11 is 0. The highest BCUT2D eigenvalue weighted by Crippen LogP contribution is 2.25. The largest absolute Gasteiger partial charge is 0.496 e. The Bertz CT molecular complexity index is 690. The smallest absolute Gasteiger partial charge is 0.237 e. The van der Waals surface area contributed by atoms with Crippen LogP contribution in [0.1, 0.15) is 29.2 Å². The van der Waals surface area contributed by atoms with Crippen LogP contribution >= 0.6 is 0 Å². The molecule has 0 radical (unpaired) electrons. The summed E-state index contributed by atoms with van der Waals surface area (Å²) in [7, 11) is 3.67. The maximum absolute atomic E-state index is 12.4. The van der Waals surface area contributed by atoms with Crippen molar-refractivity contribution in [2.45, 2.75) is 39.9 Å². The second kappa shape index (κ2) is 8.67. The molecule has 2 aromatic rings. The number of carbonyl (C=O) groups excluding carboxylic acids is 1. The van der Waals surface area contributed by atoms with Crippen molar-refractivity contribution in [3.05, 3.63) is 64.7 Å². The second-order valence-corrected chi connectivity index (χ2v) is 6.56. The van der Waals surface area contributed by atoms with Crippen molar-refractivity contribution in [1.29, 1.82) is 0 Å². The Morgan fingerprint density at radius 2 is 1.72 bits per heavy atom. The van der Waals surface area contributed by atoms with Crippen molar-refractivity contribution in [2.24, 2.45) is 0 Å². The second-order valence-electron chi connectivity index (χ2n) is 6.56. The Morgan fingerprint density at radius 1 is 1.12 bits per heavy atom. The number of likely N-dealkylation sites (N-methyl/N-ethyl adjacent to an activating group) is 1. The molecule has 0 aliphatic rings. The highest BCUT2D eigenvalue weighted by molar-refractivity contribution is 5.81. The van der Waals surface area contributed by atoms with E-state index in [1.54, 1.807) is 7.11 Å². The van der Waals surface area contributed by atoms with Crippen molar-refractivity contribution in [3.8, 4) is 5.75 Å². The minimum absolute atomic E-state index is 0.0355. The number of carbonyl (C=O) groups is 1. The first-order valence-corrected chi connectivity index (χ1v) is 8.58. The molecule has 1 N–H and O–H groups in total. The van der Waals surface area contributed by atoms with E-state index >= 15 is 0 Å². The van der Waals surface area contributed by atoms with Gasteiger partial charge in [-0.05, 0) is 50.1 Å². The monoisotopic (exact) mass is 340 g/mol. The van der Waals surface area contributed by atoms with Gasteiger partial charge in [-0.15, -0.1) is 0 Å². The van der Waals surface area contributed by atoms with Gasteiger partial charge in [0.2, 0.25) is 5.91 Å². The molecule has 0 saturated carbocycles. The Kier molecular flexibility index (Phi) is 6.59. The molecule has 0 heterocycles. The van der Waals surface area contributed by atoms with Gasteiger partial charge in [0, 0.05) is 13.1 Å². The molecule has 0 saturated heterocycles.